The summed E-state index contributed by atoms with van der Waals surface area (Å²) in [6.07, 6.45) is 1.48. The summed E-state index contributed by atoms with van der Waals surface area (Å²) in [6.45, 7) is 0. The third kappa shape index (κ3) is 2.44. The van der Waals surface area contributed by atoms with Crippen molar-refractivity contribution in [3.63, 3.8) is 0 Å². The largest absolute Gasteiger partial charge is 0.271 e. The van der Waals surface area contributed by atoms with E-state index in [-0.39, 0.29) is 11.4 Å². The average molecular weight is 296 g/mol. The normalized spacial score (nSPS) is 10.5. The first kappa shape index (κ1) is 13.6. The van der Waals surface area contributed by atoms with Crippen LogP contribution >= 0.6 is 0 Å². The van der Waals surface area contributed by atoms with Gasteiger partial charge in [-0.1, -0.05) is 0 Å². The Morgan fingerprint density at radius 2 is 1.45 bits per heavy atom. The van der Waals surface area contributed by atoms with Gasteiger partial charge in [-0.2, -0.15) is 0 Å². The molecule has 3 aromatic rings. The van der Waals surface area contributed by atoms with Gasteiger partial charge in [-0.25, -0.2) is 4.98 Å². The van der Waals surface area contributed by atoms with Crippen molar-refractivity contribution in [1.29, 1.82) is 0 Å². The lowest BCUT2D eigenvalue weighted by Crippen LogP contribution is -1.92. The number of aromatic nitrogens is 2. The molecule has 22 heavy (non-hydrogen) atoms. The van der Waals surface area contributed by atoms with Crippen LogP contribution in [0.5, 0.6) is 0 Å². The molecular formula is C14H8N4O4. The fourth-order valence-corrected chi connectivity index (χ4v) is 2.01. The molecule has 0 saturated heterocycles. The predicted molar refractivity (Wildman–Crippen MR) is 78.3 cm³/mol. The zero-order valence-electron chi connectivity index (χ0n) is 11.0. The molecule has 1 heterocycles. The van der Waals surface area contributed by atoms with Gasteiger partial charge in [0, 0.05) is 29.8 Å². The molecule has 0 fully saturated rings. The number of benzene rings is 2. The number of nitro benzene ring substituents is 2. The molecule has 8 heteroatoms. The average Bonchev–Trinajstić information content (AvgIpc) is 2.54. The third-order valence-corrected chi connectivity index (χ3v) is 3.11. The highest BCUT2D eigenvalue weighted by molar-refractivity contribution is 5.79. The number of hydrogen-bond donors (Lipinski definition) is 0. The maximum absolute atomic E-state index is 10.7. The summed E-state index contributed by atoms with van der Waals surface area (Å²) in [7, 11) is 0. The van der Waals surface area contributed by atoms with Crippen molar-refractivity contribution in [2.45, 2.75) is 0 Å². The van der Waals surface area contributed by atoms with E-state index in [9.17, 15) is 20.2 Å². The molecule has 0 spiro atoms. The number of fused-ring (bicyclic) bond motifs is 1. The lowest BCUT2D eigenvalue weighted by molar-refractivity contribution is -0.385. The Morgan fingerprint density at radius 1 is 0.818 bits per heavy atom. The summed E-state index contributed by atoms with van der Waals surface area (Å²) in [6, 6.07) is 10.2. The smallest absolute Gasteiger partial charge is 0.258 e. The van der Waals surface area contributed by atoms with Crippen molar-refractivity contribution in [3.8, 4) is 11.3 Å². The monoisotopic (exact) mass is 296 g/mol. The van der Waals surface area contributed by atoms with Crippen molar-refractivity contribution in [2.24, 2.45) is 0 Å². The van der Waals surface area contributed by atoms with Crippen LogP contribution in [-0.2, 0) is 0 Å². The van der Waals surface area contributed by atoms with Crippen molar-refractivity contribution < 1.29 is 9.85 Å². The second kappa shape index (κ2) is 5.17. The second-order valence-electron chi connectivity index (χ2n) is 4.49. The molecule has 0 atom stereocenters. The lowest BCUT2D eigenvalue weighted by Gasteiger charge is -2.02. The highest BCUT2D eigenvalue weighted by atomic mass is 16.6. The van der Waals surface area contributed by atoms with Gasteiger partial charge in [0.1, 0.15) is 0 Å². The molecule has 1 aromatic heterocycles. The minimum Gasteiger partial charge on any atom is -0.258 e. The van der Waals surface area contributed by atoms with Gasteiger partial charge in [-0.3, -0.25) is 25.2 Å². The van der Waals surface area contributed by atoms with Gasteiger partial charge in [0.05, 0.1) is 32.8 Å². The Bertz CT molecular complexity index is 893. The maximum Gasteiger partial charge on any atom is 0.271 e. The zero-order chi connectivity index (χ0) is 15.7. The zero-order valence-corrected chi connectivity index (χ0v) is 11.0. The van der Waals surface area contributed by atoms with Crippen LogP contribution in [0.3, 0.4) is 0 Å². The van der Waals surface area contributed by atoms with Crippen LogP contribution in [0.2, 0.25) is 0 Å². The quantitative estimate of drug-likeness (QED) is 0.542. The Morgan fingerprint density at radius 3 is 2.09 bits per heavy atom. The number of nitrogens with zero attached hydrogens (tertiary/aromatic N) is 4. The number of nitro groups is 2. The molecule has 0 amide bonds. The molecule has 0 aliphatic rings. The van der Waals surface area contributed by atoms with Gasteiger partial charge in [-0.05, 0) is 18.2 Å². The second-order valence-corrected chi connectivity index (χ2v) is 4.49. The van der Waals surface area contributed by atoms with Crippen LogP contribution in [-0.4, -0.2) is 19.8 Å². The number of rotatable bonds is 3. The Balaban J connectivity index is 2.03. The highest BCUT2D eigenvalue weighted by Crippen LogP contribution is 2.23. The van der Waals surface area contributed by atoms with E-state index in [4.69, 9.17) is 0 Å². The Hall–Kier alpha value is -3.42. The lowest BCUT2D eigenvalue weighted by atomic mass is 10.1. The van der Waals surface area contributed by atoms with E-state index < -0.39 is 9.85 Å². The molecule has 0 N–H and O–H groups in total. The molecule has 8 nitrogen and oxygen atoms in total. The van der Waals surface area contributed by atoms with E-state index in [1.165, 1.54) is 36.5 Å². The molecule has 3 rings (SSSR count). The van der Waals surface area contributed by atoms with Gasteiger partial charge in [0.15, 0.2) is 0 Å². The van der Waals surface area contributed by atoms with Crippen molar-refractivity contribution in [1.82, 2.24) is 9.97 Å². The molecule has 108 valence electrons. The first-order valence-corrected chi connectivity index (χ1v) is 6.20. The van der Waals surface area contributed by atoms with E-state index in [2.05, 4.69) is 9.97 Å². The minimum absolute atomic E-state index is 0.00637. The van der Waals surface area contributed by atoms with E-state index in [1.54, 1.807) is 12.1 Å². The molecule has 0 radical (unpaired) electrons. The molecule has 0 aliphatic heterocycles. The van der Waals surface area contributed by atoms with Gasteiger partial charge < -0.3 is 0 Å². The SMILES string of the molecule is O=[N+]([O-])c1ccc(-c2cnc3cc([N+](=O)[O-])ccc3n2)cc1. The first-order valence-electron chi connectivity index (χ1n) is 6.20. The van der Waals surface area contributed by atoms with Crippen LogP contribution in [0.1, 0.15) is 0 Å². The van der Waals surface area contributed by atoms with Crippen LogP contribution in [0.25, 0.3) is 22.3 Å². The summed E-state index contributed by atoms with van der Waals surface area (Å²) in [5, 5.41) is 21.4. The number of non-ortho nitro benzene ring substituents is 2. The third-order valence-electron chi connectivity index (χ3n) is 3.11. The van der Waals surface area contributed by atoms with Crippen molar-refractivity contribution in [3.05, 3.63) is 68.9 Å². The fourth-order valence-electron chi connectivity index (χ4n) is 2.01. The minimum atomic E-state index is -0.495. The summed E-state index contributed by atoms with van der Waals surface area (Å²) in [5.41, 5.74) is 2.09. The molecule has 0 aliphatic carbocycles. The Labute approximate surface area is 123 Å². The molecule has 2 aromatic carbocycles. The number of hydrogen-bond acceptors (Lipinski definition) is 6. The molecule has 0 saturated carbocycles. The van der Waals surface area contributed by atoms with E-state index >= 15 is 0 Å². The van der Waals surface area contributed by atoms with Crippen molar-refractivity contribution >= 4 is 22.4 Å². The summed E-state index contributed by atoms with van der Waals surface area (Å²) in [4.78, 5) is 28.9. The molecule has 0 bridgehead atoms. The first-order chi connectivity index (χ1) is 10.5. The fraction of sp³-hybridized carbons (Fsp3) is 0. The van der Waals surface area contributed by atoms with Gasteiger partial charge in [0.2, 0.25) is 0 Å². The standard InChI is InChI=1S/C14H8N4O4/c19-17(20)10-3-1-9(2-4-10)14-8-15-13-7-11(18(21)22)5-6-12(13)16-14/h1-8H. The van der Waals surface area contributed by atoms with Crippen LogP contribution in [0.4, 0.5) is 11.4 Å². The topological polar surface area (TPSA) is 112 Å². The summed E-state index contributed by atoms with van der Waals surface area (Å²) in [5.74, 6) is 0. The maximum atomic E-state index is 10.7. The van der Waals surface area contributed by atoms with Crippen LogP contribution < -0.4 is 0 Å². The van der Waals surface area contributed by atoms with E-state index in [1.807, 2.05) is 0 Å². The van der Waals surface area contributed by atoms with Gasteiger partial charge in [0.25, 0.3) is 11.4 Å². The van der Waals surface area contributed by atoms with Gasteiger partial charge >= 0.3 is 0 Å². The van der Waals surface area contributed by atoms with Crippen LogP contribution in [0.15, 0.2) is 48.7 Å². The van der Waals surface area contributed by atoms with E-state index in [0.717, 1.165) is 0 Å². The van der Waals surface area contributed by atoms with Crippen LogP contribution in [0, 0.1) is 20.2 Å². The predicted octanol–water partition coefficient (Wildman–Crippen LogP) is 3.11. The Kier molecular flexibility index (Phi) is 3.18. The molecule has 0 unspecified atom stereocenters. The van der Waals surface area contributed by atoms with Crippen molar-refractivity contribution in [2.75, 3.05) is 0 Å². The van der Waals surface area contributed by atoms with Gasteiger partial charge in [-0.15, -0.1) is 0 Å². The van der Waals surface area contributed by atoms with E-state index in [0.29, 0.717) is 22.3 Å². The summed E-state index contributed by atoms with van der Waals surface area (Å²) >= 11 is 0. The summed E-state index contributed by atoms with van der Waals surface area (Å²) < 4.78 is 0. The molecular weight excluding hydrogens is 288 g/mol. The highest BCUT2D eigenvalue weighted by Gasteiger charge is 2.10.